The second-order valence-electron chi connectivity index (χ2n) is 19.7. The molecule has 6 heterocycles. The second-order valence-corrected chi connectivity index (χ2v) is 22.9. The molecule has 0 fully saturated rings. The molecular weight excluding hydrogens is 1530 g/mol. The van der Waals surface area contributed by atoms with Gasteiger partial charge in [-0.25, -0.2) is 0 Å². The predicted molar refractivity (Wildman–Crippen MR) is 377 cm³/mol. The molecule has 0 saturated heterocycles. The van der Waals surface area contributed by atoms with E-state index in [2.05, 4.69) is 158 Å². The summed E-state index contributed by atoms with van der Waals surface area (Å²) in [4.78, 5) is 26.4. The molecule has 2 N–H and O–H groups in total. The third-order valence-electron chi connectivity index (χ3n) is 11.9. The van der Waals surface area contributed by atoms with Gasteiger partial charge in [0.25, 0.3) is 0 Å². The van der Waals surface area contributed by atoms with Crippen molar-refractivity contribution in [2.75, 3.05) is 193 Å². The topological polar surface area (TPSA) is 229 Å². The van der Waals surface area contributed by atoms with Crippen molar-refractivity contribution in [2.45, 2.75) is 53.4 Å². The van der Waals surface area contributed by atoms with Gasteiger partial charge in [-0.15, -0.1) is 0 Å². The van der Waals surface area contributed by atoms with E-state index in [1.54, 1.807) is 0 Å². The standard InChI is InChI=1S/C32H38N4O3.C12H12N2.2C8H16Br2O3.C8H18O5.BrH.Li/c1-25-7-11-33-29(21-25)31-23-27(9-13-35-31)5-3-15-37-17-19-39-20-18-38-16-4-6-28-10-14-36-32(24-28)30-22-26(2)8-12-34-30;1-9-3-5-13-11(7-9)12-8-10(2)4-6-14-12;3*9-1-3-11-5-7-13-8-6-12-4-2-10;;/h7-14,21-24H,3-6,15-20H2,1-2H3;3-8H,1-2H3;2*1-8H2;9-10H,1-8H2;1H;/q;;;;;;+1/p-1. The van der Waals surface area contributed by atoms with Crippen LogP contribution in [0.25, 0.3) is 34.2 Å². The molecule has 0 radical (unpaired) electrons. The van der Waals surface area contributed by atoms with Crippen LogP contribution in [0.1, 0.15) is 46.2 Å². The molecule has 0 aliphatic carbocycles. The van der Waals surface area contributed by atoms with Crippen molar-refractivity contribution >= 4 is 63.7 Å². The number of ether oxygens (including phenoxy) is 12. The van der Waals surface area contributed by atoms with Gasteiger partial charge in [0.15, 0.2) is 0 Å². The van der Waals surface area contributed by atoms with Crippen LogP contribution in [0.4, 0.5) is 0 Å². The fraction of sp³-hybridized carbons (Fsp3) is 0.559. The van der Waals surface area contributed by atoms with Crippen molar-refractivity contribution in [1.82, 2.24) is 29.9 Å². The first-order chi connectivity index (χ1) is 45.2. The van der Waals surface area contributed by atoms with Gasteiger partial charge in [-0.05, 0) is 160 Å². The van der Waals surface area contributed by atoms with E-state index in [1.807, 2.05) is 73.6 Å². The number of halogens is 5. The molecule has 0 aliphatic rings. The second kappa shape index (κ2) is 67.5. The summed E-state index contributed by atoms with van der Waals surface area (Å²) in [6.07, 6.45) is 14.8. The molecule has 0 atom stereocenters. The van der Waals surface area contributed by atoms with Crippen LogP contribution in [-0.4, -0.2) is 233 Å². The molecular formula is C68H100Br5LiN6O14. The maximum Gasteiger partial charge on any atom is 1.00 e. The Morgan fingerprint density at radius 1 is 0.277 bits per heavy atom. The van der Waals surface area contributed by atoms with E-state index in [0.29, 0.717) is 132 Å². The summed E-state index contributed by atoms with van der Waals surface area (Å²) in [6.45, 7) is 22.9. The third-order valence-corrected chi connectivity index (χ3v) is 13.2. The maximum atomic E-state index is 8.36. The van der Waals surface area contributed by atoms with Crippen molar-refractivity contribution in [1.29, 1.82) is 0 Å². The van der Waals surface area contributed by atoms with Crippen molar-refractivity contribution < 1.29 is 103 Å². The molecule has 6 aromatic rings. The van der Waals surface area contributed by atoms with Crippen LogP contribution >= 0.6 is 63.7 Å². The summed E-state index contributed by atoms with van der Waals surface area (Å²) in [5.74, 6) is 0. The molecule has 0 unspecified atom stereocenters. The van der Waals surface area contributed by atoms with E-state index in [4.69, 9.17) is 67.1 Å². The smallest absolute Gasteiger partial charge is 1.00 e. The van der Waals surface area contributed by atoms with Crippen molar-refractivity contribution in [3.8, 4) is 34.2 Å². The zero-order valence-corrected chi connectivity index (χ0v) is 63.7. The fourth-order valence-electron chi connectivity index (χ4n) is 7.52. The molecule has 0 amide bonds. The number of aliphatic hydroxyl groups is 2. The first-order valence-electron chi connectivity index (χ1n) is 31.2. The zero-order chi connectivity index (χ0) is 66.4. The summed E-state index contributed by atoms with van der Waals surface area (Å²) in [7, 11) is 0. The Kier molecular flexibility index (Phi) is 65.6. The first-order valence-corrected chi connectivity index (χ1v) is 35.7. The molecule has 94 heavy (non-hydrogen) atoms. The van der Waals surface area contributed by atoms with Crippen LogP contribution in [0.5, 0.6) is 0 Å². The van der Waals surface area contributed by atoms with Gasteiger partial charge in [-0.1, -0.05) is 63.7 Å². The molecule has 20 nitrogen and oxygen atoms in total. The molecule has 0 saturated carbocycles. The van der Waals surface area contributed by atoms with Crippen molar-refractivity contribution in [3.05, 3.63) is 143 Å². The monoisotopic (exact) mass is 1630 g/mol. The Balaban J connectivity index is 0.00000130. The number of nitrogens with zero attached hydrogens (tertiary/aromatic N) is 6. The van der Waals surface area contributed by atoms with Gasteiger partial charge in [0.05, 0.1) is 193 Å². The summed E-state index contributed by atoms with van der Waals surface area (Å²) < 4.78 is 63.4. The maximum absolute atomic E-state index is 8.36. The number of aryl methyl sites for hydroxylation is 6. The van der Waals surface area contributed by atoms with Gasteiger partial charge in [0.2, 0.25) is 0 Å². The Bertz CT molecular complexity index is 2430. The van der Waals surface area contributed by atoms with Gasteiger partial charge in [-0.2, -0.15) is 0 Å². The summed E-state index contributed by atoms with van der Waals surface area (Å²) in [5.41, 5.74) is 12.8. The number of pyridine rings is 6. The van der Waals surface area contributed by atoms with Crippen molar-refractivity contribution in [3.63, 3.8) is 0 Å². The van der Waals surface area contributed by atoms with E-state index in [0.717, 1.165) is 108 Å². The van der Waals surface area contributed by atoms with Crippen LogP contribution in [0.3, 0.4) is 0 Å². The number of aromatic nitrogens is 6. The van der Waals surface area contributed by atoms with Gasteiger partial charge < -0.3 is 84.0 Å². The molecule has 0 aromatic carbocycles. The largest absolute Gasteiger partial charge is 1.00 e. The summed E-state index contributed by atoms with van der Waals surface area (Å²) in [5, 5.41) is 20.2. The molecule has 0 aliphatic heterocycles. The van der Waals surface area contributed by atoms with E-state index >= 15 is 0 Å². The van der Waals surface area contributed by atoms with E-state index < -0.39 is 0 Å². The first kappa shape index (κ1) is 91.3. The van der Waals surface area contributed by atoms with E-state index in [-0.39, 0.29) is 49.1 Å². The van der Waals surface area contributed by atoms with Crippen molar-refractivity contribution in [2.24, 2.45) is 0 Å². The quantitative estimate of drug-likeness (QED) is 0.0282. The third kappa shape index (κ3) is 52.4. The van der Waals surface area contributed by atoms with E-state index in [1.165, 1.54) is 33.4 Å². The van der Waals surface area contributed by atoms with Gasteiger partial charge in [0.1, 0.15) is 0 Å². The average molecular weight is 1630 g/mol. The van der Waals surface area contributed by atoms with E-state index in [9.17, 15) is 0 Å². The molecule has 522 valence electrons. The van der Waals surface area contributed by atoms with Crippen LogP contribution in [0.2, 0.25) is 0 Å². The zero-order valence-electron chi connectivity index (χ0n) is 55.8. The van der Waals surface area contributed by atoms with Crippen LogP contribution in [-0.2, 0) is 69.7 Å². The normalized spacial score (nSPS) is 10.5. The number of alkyl halides is 4. The molecule has 26 heteroatoms. The fourth-order valence-corrected chi connectivity index (χ4v) is 8.43. The number of hydrogen-bond acceptors (Lipinski definition) is 20. The summed E-state index contributed by atoms with van der Waals surface area (Å²) >= 11 is 13.1. The Morgan fingerprint density at radius 3 is 0.681 bits per heavy atom. The molecule has 0 spiro atoms. The Labute approximate surface area is 615 Å². The minimum absolute atomic E-state index is 0. The van der Waals surface area contributed by atoms with Gasteiger partial charge >= 0.3 is 18.9 Å². The van der Waals surface area contributed by atoms with Gasteiger partial charge in [-0.3, -0.25) is 29.9 Å². The Morgan fingerprint density at radius 2 is 0.468 bits per heavy atom. The summed E-state index contributed by atoms with van der Waals surface area (Å²) in [6, 6.07) is 24.5. The van der Waals surface area contributed by atoms with Crippen LogP contribution < -0.4 is 35.8 Å². The van der Waals surface area contributed by atoms with Gasteiger partial charge in [0, 0.05) is 71.7 Å². The number of hydrogen-bond donors (Lipinski definition) is 2. The molecule has 6 aromatic heterocycles. The minimum atomic E-state index is 0. The average Bonchev–Trinajstić information content (AvgIpc) is 1.22. The number of rotatable bonds is 47. The predicted octanol–water partition coefficient (Wildman–Crippen LogP) is 5.27. The van der Waals surface area contributed by atoms with Crippen LogP contribution in [0, 0.1) is 27.7 Å². The SMILES string of the molecule is BrCCOCCOCCOCCBr.BrCCOCCOCCOCCBr.Cc1ccnc(-c2cc(C)ccn2)c1.Cc1ccnc(-c2cc(CCCOCCOCCOCCCc3ccnc(-c4cc(C)ccn4)c3)ccn2)c1.OCCOCCOCCOCCO.[Br-].[Li+]. The molecule has 6 rings (SSSR count). The molecule has 0 bridgehead atoms. The van der Waals surface area contributed by atoms with Crippen LogP contribution in [0.15, 0.2) is 110 Å². The number of aliphatic hydroxyl groups excluding tert-OH is 2. The Hall–Kier alpha value is -2.66. The minimum Gasteiger partial charge on any atom is -1.00 e.